The number of nitrogens with one attached hydrogen (secondary N) is 1. The molecule has 2 aromatic rings. The van der Waals surface area contributed by atoms with E-state index < -0.39 is 11.6 Å². The number of hydrogen-bond donors (Lipinski definition) is 1. The SMILES string of the molecule is COc1ccccc1CC1(C)NC(=O)N(CCOc2cccc(Cl)c2)C1=O. The Balaban J connectivity index is 1.65. The summed E-state index contributed by atoms with van der Waals surface area (Å²) in [6, 6.07) is 14.0. The van der Waals surface area contributed by atoms with Crippen molar-refractivity contribution in [2.45, 2.75) is 18.9 Å². The molecule has 0 aromatic heterocycles. The molecular formula is C20H21ClN2O4. The van der Waals surface area contributed by atoms with Crippen LogP contribution in [0.4, 0.5) is 4.79 Å². The summed E-state index contributed by atoms with van der Waals surface area (Å²) in [5.74, 6) is 0.989. The van der Waals surface area contributed by atoms with Crippen molar-refractivity contribution in [3.05, 3.63) is 59.1 Å². The van der Waals surface area contributed by atoms with E-state index >= 15 is 0 Å². The van der Waals surface area contributed by atoms with Crippen molar-refractivity contribution in [2.24, 2.45) is 0 Å². The maximum atomic E-state index is 12.9. The maximum absolute atomic E-state index is 12.9. The fourth-order valence-electron chi connectivity index (χ4n) is 3.11. The van der Waals surface area contributed by atoms with Crippen molar-refractivity contribution in [1.29, 1.82) is 0 Å². The number of benzene rings is 2. The van der Waals surface area contributed by atoms with Gasteiger partial charge in [-0.1, -0.05) is 35.9 Å². The van der Waals surface area contributed by atoms with Crippen LogP contribution in [0.15, 0.2) is 48.5 Å². The van der Waals surface area contributed by atoms with Gasteiger partial charge in [-0.15, -0.1) is 0 Å². The van der Waals surface area contributed by atoms with E-state index in [0.29, 0.717) is 22.9 Å². The highest BCUT2D eigenvalue weighted by atomic mass is 35.5. The van der Waals surface area contributed by atoms with E-state index in [1.807, 2.05) is 24.3 Å². The zero-order chi connectivity index (χ0) is 19.4. The van der Waals surface area contributed by atoms with Gasteiger partial charge >= 0.3 is 6.03 Å². The Morgan fingerprint density at radius 2 is 1.93 bits per heavy atom. The third-order valence-electron chi connectivity index (χ3n) is 4.46. The molecule has 1 aliphatic rings. The van der Waals surface area contributed by atoms with E-state index in [4.69, 9.17) is 21.1 Å². The van der Waals surface area contributed by atoms with Gasteiger partial charge in [0.25, 0.3) is 5.91 Å². The maximum Gasteiger partial charge on any atom is 0.325 e. The number of carbonyl (C=O) groups is 2. The third-order valence-corrected chi connectivity index (χ3v) is 4.70. The van der Waals surface area contributed by atoms with Crippen LogP contribution < -0.4 is 14.8 Å². The zero-order valence-corrected chi connectivity index (χ0v) is 16.0. The third kappa shape index (κ3) is 4.17. The van der Waals surface area contributed by atoms with Crippen LogP contribution in [-0.2, 0) is 11.2 Å². The summed E-state index contributed by atoms with van der Waals surface area (Å²) >= 11 is 5.92. The average Bonchev–Trinajstić information content (AvgIpc) is 2.85. The minimum Gasteiger partial charge on any atom is -0.496 e. The van der Waals surface area contributed by atoms with Crippen LogP contribution in [0.2, 0.25) is 5.02 Å². The van der Waals surface area contributed by atoms with E-state index in [0.717, 1.165) is 5.56 Å². The van der Waals surface area contributed by atoms with Crippen molar-refractivity contribution in [2.75, 3.05) is 20.3 Å². The number of para-hydroxylation sites is 1. The minimum absolute atomic E-state index is 0.151. The molecule has 1 fully saturated rings. The highest BCUT2D eigenvalue weighted by molar-refractivity contribution is 6.30. The summed E-state index contributed by atoms with van der Waals surface area (Å²) in [5.41, 5.74) is -0.171. The van der Waals surface area contributed by atoms with E-state index in [1.54, 1.807) is 38.3 Å². The fraction of sp³-hybridized carbons (Fsp3) is 0.300. The Morgan fingerprint density at radius 1 is 1.15 bits per heavy atom. The molecule has 0 spiro atoms. The van der Waals surface area contributed by atoms with Crippen molar-refractivity contribution >= 4 is 23.5 Å². The van der Waals surface area contributed by atoms with Crippen LogP contribution in [0.3, 0.4) is 0 Å². The van der Waals surface area contributed by atoms with Gasteiger partial charge in [-0.3, -0.25) is 9.69 Å². The lowest BCUT2D eigenvalue weighted by Gasteiger charge is -2.23. The van der Waals surface area contributed by atoms with E-state index in [9.17, 15) is 9.59 Å². The lowest BCUT2D eigenvalue weighted by molar-refractivity contribution is -0.131. The van der Waals surface area contributed by atoms with Gasteiger partial charge in [0.15, 0.2) is 0 Å². The summed E-state index contributed by atoms with van der Waals surface area (Å²) in [6.07, 6.45) is 0.341. The van der Waals surface area contributed by atoms with E-state index in [2.05, 4.69) is 5.32 Å². The normalized spacial score (nSPS) is 19.1. The first-order chi connectivity index (χ1) is 12.9. The van der Waals surface area contributed by atoms with Crippen LogP contribution in [0.25, 0.3) is 0 Å². The number of imide groups is 1. The van der Waals surface area contributed by atoms with Crippen LogP contribution in [0.1, 0.15) is 12.5 Å². The molecule has 27 heavy (non-hydrogen) atoms. The van der Waals surface area contributed by atoms with Crippen LogP contribution in [0.5, 0.6) is 11.5 Å². The lowest BCUT2D eigenvalue weighted by atomic mass is 9.92. The van der Waals surface area contributed by atoms with Gasteiger partial charge in [0.05, 0.1) is 13.7 Å². The van der Waals surface area contributed by atoms with Gasteiger partial charge in [-0.2, -0.15) is 0 Å². The number of carbonyl (C=O) groups excluding carboxylic acids is 2. The van der Waals surface area contributed by atoms with Gasteiger partial charge in [0, 0.05) is 11.4 Å². The Hall–Kier alpha value is -2.73. The quantitative estimate of drug-likeness (QED) is 0.739. The summed E-state index contributed by atoms with van der Waals surface area (Å²) in [6.45, 7) is 2.06. The van der Waals surface area contributed by atoms with Gasteiger partial charge in [-0.25, -0.2) is 4.79 Å². The number of hydrogen-bond acceptors (Lipinski definition) is 4. The molecule has 1 saturated heterocycles. The summed E-state index contributed by atoms with van der Waals surface area (Å²) in [7, 11) is 1.58. The first kappa shape index (κ1) is 19.0. The van der Waals surface area contributed by atoms with Gasteiger partial charge < -0.3 is 14.8 Å². The van der Waals surface area contributed by atoms with Gasteiger partial charge in [0.2, 0.25) is 0 Å². The number of nitrogens with zero attached hydrogens (tertiary/aromatic N) is 1. The number of amides is 3. The number of methoxy groups -OCH3 is 1. The smallest absolute Gasteiger partial charge is 0.325 e. The van der Waals surface area contributed by atoms with Gasteiger partial charge in [0.1, 0.15) is 23.6 Å². The number of halogens is 1. The predicted octanol–water partition coefficient (Wildman–Crippen LogP) is 3.28. The molecule has 6 nitrogen and oxygen atoms in total. The molecular weight excluding hydrogens is 368 g/mol. The topological polar surface area (TPSA) is 67.9 Å². The molecule has 7 heteroatoms. The largest absolute Gasteiger partial charge is 0.496 e. The molecule has 1 N–H and O–H groups in total. The van der Waals surface area contributed by atoms with Crippen molar-refractivity contribution in [1.82, 2.24) is 10.2 Å². The van der Waals surface area contributed by atoms with Crippen molar-refractivity contribution in [3.63, 3.8) is 0 Å². The van der Waals surface area contributed by atoms with Crippen LogP contribution in [-0.4, -0.2) is 42.6 Å². The summed E-state index contributed by atoms with van der Waals surface area (Å²) in [5, 5.41) is 3.35. The first-order valence-corrected chi connectivity index (χ1v) is 8.95. The second-order valence-electron chi connectivity index (χ2n) is 6.51. The Labute approximate surface area is 163 Å². The Kier molecular flexibility index (Phi) is 5.56. The number of urea groups is 1. The Bertz CT molecular complexity index is 857. The van der Waals surface area contributed by atoms with Crippen molar-refractivity contribution in [3.8, 4) is 11.5 Å². The van der Waals surface area contributed by atoms with Gasteiger partial charge in [-0.05, 0) is 36.8 Å². The summed E-state index contributed by atoms with van der Waals surface area (Å²) < 4.78 is 10.9. The molecule has 1 unspecified atom stereocenters. The second-order valence-corrected chi connectivity index (χ2v) is 6.95. The molecule has 1 atom stereocenters. The molecule has 1 aliphatic heterocycles. The van der Waals surface area contributed by atoms with Crippen molar-refractivity contribution < 1.29 is 19.1 Å². The minimum atomic E-state index is -1.03. The lowest BCUT2D eigenvalue weighted by Crippen LogP contribution is -2.46. The highest BCUT2D eigenvalue weighted by Gasteiger charge is 2.47. The predicted molar refractivity (Wildman–Crippen MR) is 102 cm³/mol. The molecule has 0 bridgehead atoms. The van der Waals surface area contributed by atoms with E-state index in [-0.39, 0.29) is 19.1 Å². The van der Waals surface area contributed by atoms with Crippen LogP contribution in [0, 0.1) is 0 Å². The molecule has 0 saturated carbocycles. The Morgan fingerprint density at radius 3 is 2.67 bits per heavy atom. The molecule has 3 rings (SSSR count). The van der Waals surface area contributed by atoms with Crippen LogP contribution >= 0.6 is 11.6 Å². The monoisotopic (exact) mass is 388 g/mol. The molecule has 0 aliphatic carbocycles. The number of ether oxygens (including phenoxy) is 2. The zero-order valence-electron chi connectivity index (χ0n) is 15.2. The first-order valence-electron chi connectivity index (χ1n) is 8.57. The standard InChI is InChI=1S/C20H21ClN2O4/c1-20(13-14-6-3-4-9-17(14)26-2)18(24)23(19(25)22-20)10-11-27-16-8-5-7-15(21)12-16/h3-9,12H,10-11,13H2,1-2H3,(H,22,25). The molecule has 3 amide bonds. The molecule has 0 radical (unpaired) electrons. The molecule has 2 aromatic carbocycles. The highest BCUT2D eigenvalue weighted by Crippen LogP contribution is 2.27. The molecule has 142 valence electrons. The van der Waals surface area contributed by atoms with E-state index in [1.165, 1.54) is 4.90 Å². The fourth-order valence-corrected chi connectivity index (χ4v) is 3.29. The second kappa shape index (κ2) is 7.88. The average molecular weight is 389 g/mol. The number of rotatable bonds is 7. The molecule has 1 heterocycles. The summed E-state index contributed by atoms with van der Waals surface area (Å²) in [4.78, 5) is 26.4.